The van der Waals surface area contributed by atoms with E-state index in [9.17, 15) is 0 Å². The van der Waals surface area contributed by atoms with Crippen LogP contribution in [-0.2, 0) is 50.8 Å². The molecule has 5 aromatic rings. The zero-order valence-corrected chi connectivity index (χ0v) is 33.8. The van der Waals surface area contributed by atoms with Gasteiger partial charge in [-0.3, -0.25) is 0 Å². The Balaban J connectivity index is 1.000. The van der Waals surface area contributed by atoms with Crippen molar-refractivity contribution in [3.63, 3.8) is 0 Å². The molecule has 5 nitrogen and oxygen atoms in total. The normalized spacial score (nSPS) is 18.9. The molecule has 0 aliphatic carbocycles. The number of aryl methyl sites for hydroxylation is 4. The Morgan fingerprint density at radius 3 is 1.13 bits per heavy atom. The third-order valence-electron chi connectivity index (χ3n) is 12.4. The molecule has 2 fully saturated rings. The number of rotatable bonds is 12. The van der Waals surface area contributed by atoms with Crippen molar-refractivity contribution in [3.05, 3.63) is 107 Å². The number of benzene rings is 4. The Hall–Kier alpha value is -3.35. The van der Waals surface area contributed by atoms with Gasteiger partial charge in [-0.1, -0.05) is 74.5 Å². The molecule has 0 N–H and O–H groups in total. The quantitative estimate of drug-likeness (QED) is 0.121. The van der Waals surface area contributed by atoms with Crippen LogP contribution in [0.2, 0.25) is 0 Å². The van der Waals surface area contributed by atoms with E-state index in [-0.39, 0.29) is 36.6 Å². The summed E-state index contributed by atoms with van der Waals surface area (Å²) >= 11 is 0. The van der Waals surface area contributed by atoms with Crippen molar-refractivity contribution in [1.29, 1.82) is 0 Å². The molecule has 0 unspecified atom stereocenters. The predicted molar refractivity (Wildman–Crippen MR) is 223 cm³/mol. The molecule has 7 heteroatoms. The average Bonchev–Trinajstić information content (AvgIpc) is 3.61. The number of hydrogen-bond acceptors (Lipinski definition) is 4. The van der Waals surface area contributed by atoms with Crippen LogP contribution in [-0.4, -0.2) is 41.2 Å². The molecule has 0 amide bonds. The molecule has 2 saturated heterocycles. The molecule has 7 rings (SSSR count). The number of aromatic nitrogens is 1. The van der Waals surface area contributed by atoms with Crippen LogP contribution in [0.15, 0.2) is 84.9 Å². The minimum Gasteiger partial charge on any atom is -0.399 e. The molecule has 2 aliphatic rings. The summed E-state index contributed by atoms with van der Waals surface area (Å²) in [5, 5.41) is 2.76. The van der Waals surface area contributed by atoms with E-state index in [4.69, 9.17) is 18.6 Å². The highest BCUT2D eigenvalue weighted by Crippen LogP contribution is 2.38. The van der Waals surface area contributed by atoms with Gasteiger partial charge in [-0.25, -0.2) is 0 Å². The monoisotopic (exact) mass is 711 g/mol. The van der Waals surface area contributed by atoms with Crippen LogP contribution in [0.1, 0.15) is 104 Å². The van der Waals surface area contributed by atoms with Gasteiger partial charge in [0.15, 0.2) is 0 Å². The highest BCUT2D eigenvalue weighted by Gasteiger charge is 2.52. The molecule has 278 valence electrons. The Morgan fingerprint density at radius 2 is 0.792 bits per heavy atom. The summed E-state index contributed by atoms with van der Waals surface area (Å²) in [6.45, 7) is 22.5. The van der Waals surface area contributed by atoms with E-state index in [0.717, 1.165) is 56.0 Å². The smallest absolute Gasteiger partial charge is 0.399 e. The summed E-state index contributed by atoms with van der Waals surface area (Å²) in [5.41, 5.74) is 9.06. The fourth-order valence-corrected chi connectivity index (χ4v) is 7.71. The highest BCUT2D eigenvalue weighted by atomic mass is 16.7. The number of hydrogen-bond donors (Lipinski definition) is 0. The van der Waals surface area contributed by atoms with Gasteiger partial charge in [0.1, 0.15) is 0 Å². The SMILES string of the molecule is CC(C)Cn1c2ccc(CCCc3ccc(B4OC(C)(C)C(C)(C)O4)cc3)cc2c2cc(CCCc3ccc(B4OC(C)(C)C(C)(C)O4)cc3)ccc21. The lowest BCUT2D eigenvalue weighted by Crippen LogP contribution is -2.41. The van der Waals surface area contributed by atoms with Gasteiger partial charge in [-0.05, 0) is 157 Å². The maximum Gasteiger partial charge on any atom is 0.494 e. The Morgan fingerprint density at radius 1 is 0.472 bits per heavy atom. The average molecular weight is 712 g/mol. The predicted octanol–water partition coefficient (Wildman–Crippen LogP) is 9.40. The number of fused-ring (bicyclic) bond motifs is 3. The summed E-state index contributed by atoms with van der Waals surface area (Å²) in [4.78, 5) is 0. The standard InChI is InChI=1S/C46H59B2NO4/c1-32(2)31-49-41-27-21-35(15-11-13-33-17-23-37(24-18-33)47-50-43(3,4)44(5,6)51-47)29-39(41)40-30-36(22-28-42(40)49)16-12-14-34-19-25-38(26-20-34)48-52-45(7,8)46(9,10)53-48/h17-30,32H,11-16,31H2,1-10H3. The van der Waals surface area contributed by atoms with Gasteiger partial charge >= 0.3 is 14.2 Å². The minimum absolute atomic E-state index is 0.314. The molecule has 53 heavy (non-hydrogen) atoms. The van der Waals surface area contributed by atoms with Crippen molar-refractivity contribution in [1.82, 2.24) is 4.57 Å². The fraction of sp³-hybridized carbons (Fsp3) is 0.478. The van der Waals surface area contributed by atoms with Gasteiger partial charge in [0.2, 0.25) is 0 Å². The Labute approximate surface area is 319 Å². The largest absolute Gasteiger partial charge is 0.494 e. The Bertz CT molecular complexity index is 1890. The third-order valence-corrected chi connectivity index (χ3v) is 12.4. The molecule has 0 atom stereocenters. The zero-order chi connectivity index (χ0) is 37.8. The molecular formula is C46H59B2NO4. The van der Waals surface area contributed by atoms with Gasteiger partial charge < -0.3 is 23.2 Å². The lowest BCUT2D eigenvalue weighted by atomic mass is 9.78. The summed E-state index contributed by atoms with van der Waals surface area (Å²) in [7, 11) is -0.628. The van der Waals surface area contributed by atoms with Crippen molar-refractivity contribution >= 4 is 47.0 Å². The zero-order valence-electron chi connectivity index (χ0n) is 33.8. The molecule has 0 spiro atoms. The second-order valence-corrected chi connectivity index (χ2v) is 18.1. The van der Waals surface area contributed by atoms with Gasteiger partial charge in [0.25, 0.3) is 0 Å². The molecule has 0 bridgehead atoms. The lowest BCUT2D eigenvalue weighted by Gasteiger charge is -2.32. The van der Waals surface area contributed by atoms with Crippen molar-refractivity contribution in [3.8, 4) is 0 Å². The maximum atomic E-state index is 6.26. The highest BCUT2D eigenvalue weighted by molar-refractivity contribution is 6.62. The van der Waals surface area contributed by atoms with Crippen LogP contribution in [0.4, 0.5) is 0 Å². The summed E-state index contributed by atoms with van der Waals surface area (Å²) < 4.78 is 27.6. The summed E-state index contributed by atoms with van der Waals surface area (Å²) in [5.74, 6) is 0.570. The Kier molecular flexibility index (Phi) is 10.3. The summed E-state index contributed by atoms with van der Waals surface area (Å²) in [6.07, 6.45) is 6.41. The van der Waals surface area contributed by atoms with E-state index < -0.39 is 0 Å². The maximum absolute atomic E-state index is 6.26. The third kappa shape index (κ3) is 7.78. The van der Waals surface area contributed by atoms with E-state index in [1.807, 2.05) is 0 Å². The molecule has 0 saturated carbocycles. The van der Waals surface area contributed by atoms with Gasteiger partial charge in [0.05, 0.1) is 22.4 Å². The minimum atomic E-state index is -0.328. The first-order chi connectivity index (χ1) is 25.0. The topological polar surface area (TPSA) is 41.9 Å². The molecule has 4 aromatic carbocycles. The van der Waals surface area contributed by atoms with Crippen molar-refractivity contribution in [2.75, 3.05) is 0 Å². The van der Waals surface area contributed by atoms with Gasteiger partial charge in [0, 0.05) is 28.4 Å². The summed E-state index contributed by atoms with van der Waals surface area (Å²) in [6, 6.07) is 32.0. The first-order valence-electron chi connectivity index (χ1n) is 19.9. The van der Waals surface area contributed by atoms with Crippen LogP contribution < -0.4 is 10.9 Å². The molecule has 3 heterocycles. The van der Waals surface area contributed by atoms with E-state index in [2.05, 4.69) is 159 Å². The number of nitrogens with zero attached hydrogens (tertiary/aromatic N) is 1. The molecular weight excluding hydrogens is 652 g/mol. The van der Waals surface area contributed by atoms with Crippen LogP contribution in [0, 0.1) is 5.92 Å². The van der Waals surface area contributed by atoms with Crippen LogP contribution in [0.5, 0.6) is 0 Å². The van der Waals surface area contributed by atoms with Gasteiger partial charge in [-0.15, -0.1) is 0 Å². The second-order valence-electron chi connectivity index (χ2n) is 18.1. The van der Waals surface area contributed by atoms with E-state index in [0.29, 0.717) is 5.92 Å². The van der Waals surface area contributed by atoms with Crippen LogP contribution >= 0.6 is 0 Å². The first-order valence-corrected chi connectivity index (χ1v) is 19.9. The molecule has 0 radical (unpaired) electrons. The van der Waals surface area contributed by atoms with Crippen molar-refractivity contribution in [2.45, 2.75) is 137 Å². The van der Waals surface area contributed by atoms with Crippen LogP contribution in [0.3, 0.4) is 0 Å². The lowest BCUT2D eigenvalue weighted by molar-refractivity contribution is 0.00578. The van der Waals surface area contributed by atoms with E-state index in [1.165, 1.54) is 44.1 Å². The van der Waals surface area contributed by atoms with Crippen molar-refractivity contribution < 1.29 is 18.6 Å². The second kappa shape index (κ2) is 14.4. The van der Waals surface area contributed by atoms with E-state index >= 15 is 0 Å². The molecule has 1 aromatic heterocycles. The molecule has 2 aliphatic heterocycles. The van der Waals surface area contributed by atoms with E-state index in [1.54, 1.807) is 0 Å². The van der Waals surface area contributed by atoms with Crippen LogP contribution in [0.25, 0.3) is 21.8 Å². The van der Waals surface area contributed by atoms with Crippen molar-refractivity contribution in [2.24, 2.45) is 5.92 Å². The fourth-order valence-electron chi connectivity index (χ4n) is 7.71. The van der Waals surface area contributed by atoms with Gasteiger partial charge in [-0.2, -0.15) is 0 Å². The first kappa shape index (κ1) is 37.9.